The van der Waals surface area contributed by atoms with E-state index in [1.165, 1.54) is 11.3 Å². The number of nitrogens with zero attached hydrogens (tertiary/aromatic N) is 2. The second-order valence-electron chi connectivity index (χ2n) is 3.52. The third-order valence-corrected chi connectivity index (χ3v) is 2.58. The maximum Gasteiger partial charge on any atom is 0.120 e. The topological polar surface area (TPSA) is 34.9 Å². The molecule has 3 heteroatoms. The van der Waals surface area contributed by atoms with E-state index in [2.05, 4.69) is 18.9 Å². The Hall–Kier alpha value is -1.12. The Bertz CT molecular complexity index is 315. The van der Waals surface area contributed by atoms with Crippen LogP contribution in [0, 0.1) is 13.8 Å². The molecule has 0 saturated carbocycles. The molecule has 1 aromatic heterocycles. The van der Waals surface area contributed by atoms with Crippen LogP contribution in [0.1, 0.15) is 36.7 Å². The summed E-state index contributed by atoms with van der Waals surface area (Å²) in [5.74, 6) is 0. The zero-order valence-corrected chi connectivity index (χ0v) is 9.21. The molecule has 0 aliphatic rings. The van der Waals surface area contributed by atoms with E-state index < -0.39 is 0 Å². The van der Waals surface area contributed by atoms with Crippen LogP contribution in [0.2, 0.25) is 0 Å². The smallest absolute Gasteiger partial charge is 0.120 e. The molecule has 0 bridgehead atoms. The average molecular weight is 194 g/mol. The summed E-state index contributed by atoms with van der Waals surface area (Å²) >= 11 is 0. The van der Waals surface area contributed by atoms with Crippen molar-refractivity contribution < 1.29 is 4.79 Å². The van der Waals surface area contributed by atoms with Gasteiger partial charge in [0.2, 0.25) is 0 Å². The van der Waals surface area contributed by atoms with Crippen LogP contribution in [-0.2, 0) is 17.8 Å². The minimum absolute atomic E-state index is 0.649. The first-order chi connectivity index (χ1) is 6.70. The van der Waals surface area contributed by atoms with E-state index in [-0.39, 0.29) is 0 Å². The summed E-state index contributed by atoms with van der Waals surface area (Å²) in [5.41, 5.74) is 3.67. The molecule has 0 aliphatic carbocycles. The summed E-state index contributed by atoms with van der Waals surface area (Å²) in [7, 11) is 0. The van der Waals surface area contributed by atoms with E-state index in [1.54, 1.807) is 0 Å². The minimum Gasteiger partial charge on any atom is -0.303 e. The molecule has 0 spiro atoms. The number of aryl methyl sites for hydroxylation is 2. The lowest BCUT2D eigenvalue weighted by Crippen LogP contribution is -1.99. The highest BCUT2D eigenvalue weighted by molar-refractivity contribution is 5.49. The third-order valence-electron chi connectivity index (χ3n) is 2.58. The van der Waals surface area contributed by atoms with Crippen molar-refractivity contribution in [1.82, 2.24) is 9.78 Å². The van der Waals surface area contributed by atoms with Gasteiger partial charge in [-0.3, -0.25) is 4.68 Å². The fraction of sp³-hybridized carbons (Fsp3) is 0.636. The number of carbonyl (C=O) groups excluding carboxylic acids is 1. The van der Waals surface area contributed by atoms with Crippen molar-refractivity contribution >= 4 is 6.29 Å². The summed E-state index contributed by atoms with van der Waals surface area (Å²) in [6.45, 7) is 7.14. The Morgan fingerprint density at radius 1 is 1.43 bits per heavy atom. The minimum atomic E-state index is 0.649. The predicted molar refractivity (Wildman–Crippen MR) is 56.4 cm³/mol. The summed E-state index contributed by atoms with van der Waals surface area (Å²) in [5, 5.41) is 4.44. The summed E-state index contributed by atoms with van der Waals surface area (Å²) < 4.78 is 2.02. The highest BCUT2D eigenvalue weighted by Crippen LogP contribution is 2.15. The van der Waals surface area contributed by atoms with Crippen LogP contribution in [0.4, 0.5) is 0 Å². The summed E-state index contributed by atoms with van der Waals surface area (Å²) in [4.78, 5) is 10.2. The molecule has 0 aliphatic heterocycles. The van der Waals surface area contributed by atoms with E-state index >= 15 is 0 Å². The monoisotopic (exact) mass is 194 g/mol. The number of rotatable bonds is 5. The van der Waals surface area contributed by atoms with Gasteiger partial charge in [0, 0.05) is 18.7 Å². The molecule has 0 fully saturated rings. The summed E-state index contributed by atoms with van der Waals surface area (Å²) in [6, 6.07) is 0. The number of hydrogen-bond acceptors (Lipinski definition) is 2. The molecule has 0 amide bonds. The molecule has 0 unspecified atom stereocenters. The van der Waals surface area contributed by atoms with Crippen LogP contribution in [-0.4, -0.2) is 16.1 Å². The largest absolute Gasteiger partial charge is 0.303 e. The van der Waals surface area contributed by atoms with Crippen molar-refractivity contribution in [2.24, 2.45) is 0 Å². The average Bonchev–Trinajstić information content (AvgIpc) is 2.45. The Kier molecular flexibility index (Phi) is 3.86. The van der Waals surface area contributed by atoms with Crippen LogP contribution >= 0.6 is 0 Å². The molecule has 0 saturated heterocycles. The standard InChI is InChI=1S/C11H18N2O/c1-4-13-10(3)11(9(2)12-13)7-5-6-8-14/h8H,4-7H2,1-3H3. The van der Waals surface area contributed by atoms with Crippen molar-refractivity contribution in [1.29, 1.82) is 0 Å². The van der Waals surface area contributed by atoms with Gasteiger partial charge in [0.15, 0.2) is 0 Å². The van der Waals surface area contributed by atoms with Crippen LogP contribution in [0.25, 0.3) is 0 Å². The summed E-state index contributed by atoms with van der Waals surface area (Å²) in [6.07, 6.45) is 3.53. The van der Waals surface area contributed by atoms with Crippen molar-refractivity contribution in [3.05, 3.63) is 17.0 Å². The molecule has 78 valence electrons. The lowest BCUT2D eigenvalue weighted by atomic mass is 10.1. The van der Waals surface area contributed by atoms with Gasteiger partial charge in [-0.2, -0.15) is 5.10 Å². The molecule has 1 rings (SSSR count). The number of aldehydes is 1. The second kappa shape index (κ2) is 4.94. The van der Waals surface area contributed by atoms with Gasteiger partial charge in [-0.25, -0.2) is 0 Å². The maximum atomic E-state index is 10.2. The van der Waals surface area contributed by atoms with Crippen LogP contribution in [0.15, 0.2) is 0 Å². The second-order valence-corrected chi connectivity index (χ2v) is 3.52. The lowest BCUT2D eigenvalue weighted by molar-refractivity contribution is -0.107. The molecule has 14 heavy (non-hydrogen) atoms. The molecule has 1 aromatic rings. The highest BCUT2D eigenvalue weighted by Gasteiger charge is 2.09. The van der Waals surface area contributed by atoms with Crippen molar-refractivity contribution in [2.75, 3.05) is 0 Å². The normalized spacial score (nSPS) is 10.5. The predicted octanol–water partition coefficient (Wildman–Crippen LogP) is 2.04. The van der Waals surface area contributed by atoms with Crippen LogP contribution in [0.5, 0.6) is 0 Å². The van der Waals surface area contributed by atoms with E-state index in [0.717, 1.165) is 31.4 Å². The first kappa shape index (κ1) is 11.0. The number of unbranched alkanes of at least 4 members (excludes halogenated alkanes) is 1. The molecule has 0 aromatic carbocycles. The zero-order chi connectivity index (χ0) is 10.6. The van der Waals surface area contributed by atoms with Crippen molar-refractivity contribution in [2.45, 2.75) is 46.6 Å². The quantitative estimate of drug-likeness (QED) is 0.531. The van der Waals surface area contributed by atoms with E-state index in [9.17, 15) is 4.79 Å². The Balaban J connectivity index is 2.74. The van der Waals surface area contributed by atoms with Crippen molar-refractivity contribution in [3.63, 3.8) is 0 Å². The SMILES string of the molecule is CCn1nc(C)c(CCCC=O)c1C. The van der Waals surface area contributed by atoms with E-state index in [0.29, 0.717) is 6.42 Å². The maximum absolute atomic E-state index is 10.2. The molecular weight excluding hydrogens is 176 g/mol. The molecule has 0 atom stereocenters. The molecule has 1 heterocycles. The van der Waals surface area contributed by atoms with Gasteiger partial charge >= 0.3 is 0 Å². The van der Waals surface area contributed by atoms with Crippen LogP contribution < -0.4 is 0 Å². The lowest BCUT2D eigenvalue weighted by Gasteiger charge is -2.01. The Labute approximate surface area is 85.1 Å². The molecule has 0 radical (unpaired) electrons. The fourth-order valence-corrected chi connectivity index (χ4v) is 1.77. The first-order valence-electron chi connectivity index (χ1n) is 5.17. The Morgan fingerprint density at radius 3 is 2.64 bits per heavy atom. The molecular formula is C11H18N2O. The van der Waals surface area contributed by atoms with Crippen LogP contribution in [0.3, 0.4) is 0 Å². The highest BCUT2D eigenvalue weighted by atomic mass is 16.1. The number of aromatic nitrogens is 2. The number of carbonyl (C=O) groups is 1. The third kappa shape index (κ3) is 2.22. The fourth-order valence-electron chi connectivity index (χ4n) is 1.77. The van der Waals surface area contributed by atoms with Gasteiger partial charge in [-0.15, -0.1) is 0 Å². The number of hydrogen-bond donors (Lipinski definition) is 0. The zero-order valence-electron chi connectivity index (χ0n) is 9.21. The van der Waals surface area contributed by atoms with Gasteiger partial charge in [-0.1, -0.05) is 0 Å². The van der Waals surface area contributed by atoms with Gasteiger partial charge in [0.05, 0.1) is 5.69 Å². The van der Waals surface area contributed by atoms with Crippen molar-refractivity contribution in [3.8, 4) is 0 Å². The van der Waals surface area contributed by atoms with Gasteiger partial charge < -0.3 is 4.79 Å². The van der Waals surface area contributed by atoms with E-state index in [1.807, 2.05) is 11.6 Å². The molecule has 3 nitrogen and oxygen atoms in total. The van der Waals surface area contributed by atoms with Gasteiger partial charge in [0.25, 0.3) is 0 Å². The van der Waals surface area contributed by atoms with E-state index in [4.69, 9.17) is 0 Å². The van der Waals surface area contributed by atoms with Gasteiger partial charge in [0.1, 0.15) is 6.29 Å². The first-order valence-corrected chi connectivity index (χ1v) is 5.17. The van der Waals surface area contributed by atoms with Gasteiger partial charge in [-0.05, 0) is 39.2 Å². The molecule has 0 N–H and O–H groups in total. The Morgan fingerprint density at radius 2 is 2.14 bits per heavy atom.